The molecule has 2 atom stereocenters. The molecule has 0 bridgehead atoms. The zero-order valence-corrected chi connectivity index (χ0v) is 32.3. The predicted octanol–water partition coefficient (Wildman–Crippen LogP) is 8.95. The molecular weight excluding hydrogens is 831 g/mol. The van der Waals surface area contributed by atoms with Crippen LogP contribution in [0.5, 0.6) is 11.5 Å². The zero-order valence-electron chi connectivity index (χ0n) is 30.2. The summed E-state index contributed by atoms with van der Waals surface area (Å²) in [5.41, 5.74) is -2.52. The second-order valence-corrected chi connectivity index (χ2v) is 15.1. The van der Waals surface area contributed by atoms with E-state index in [2.05, 4.69) is 9.98 Å². The molecule has 0 amide bonds. The van der Waals surface area contributed by atoms with Gasteiger partial charge in [0, 0.05) is 39.5 Å². The van der Waals surface area contributed by atoms with Gasteiger partial charge in [-0.05, 0) is 37.1 Å². The zero-order chi connectivity index (χ0) is 42.9. The van der Waals surface area contributed by atoms with Crippen LogP contribution in [0.3, 0.4) is 0 Å². The van der Waals surface area contributed by atoms with Gasteiger partial charge >= 0.3 is 32.4 Å². The molecule has 0 heterocycles. The minimum absolute atomic E-state index is 0.0938. The number of benzene rings is 5. The fourth-order valence-corrected chi connectivity index (χ4v) is 8.61. The number of hydrogen-bond donors (Lipinski definition) is 2. The molecular formula is C40H35CrF6N3O7P-. The first-order chi connectivity index (χ1) is 27.5. The van der Waals surface area contributed by atoms with E-state index < -0.39 is 59.3 Å². The van der Waals surface area contributed by atoms with Crippen LogP contribution < -0.4 is 15.9 Å². The van der Waals surface area contributed by atoms with Crippen molar-refractivity contribution in [3.8, 4) is 11.5 Å². The Kier molecular flexibility index (Phi) is 17.6. The Morgan fingerprint density at radius 2 is 0.879 bits per heavy atom. The Morgan fingerprint density at radius 3 is 1.16 bits per heavy atom. The van der Waals surface area contributed by atoms with Crippen molar-refractivity contribution in [2.45, 2.75) is 50.1 Å². The first kappa shape index (κ1) is 46.8. The Bertz CT molecular complexity index is 1990. The van der Waals surface area contributed by atoms with Gasteiger partial charge < -0.3 is 30.1 Å². The van der Waals surface area contributed by atoms with Gasteiger partial charge in [-0.1, -0.05) is 116 Å². The molecule has 58 heavy (non-hydrogen) atoms. The summed E-state index contributed by atoms with van der Waals surface area (Å²) in [6.45, 7) is 0. The van der Waals surface area contributed by atoms with Crippen molar-refractivity contribution < 1.29 is 66.2 Å². The van der Waals surface area contributed by atoms with Gasteiger partial charge in [-0.15, -0.1) is 0 Å². The van der Waals surface area contributed by atoms with Gasteiger partial charge in [-0.3, -0.25) is 9.98 Å². The third-order valence-electron chi connectivity index (χ3n) is 8.61. The molecule has 5 aromatic carbocycles. The molecule has 0 spiro atoms. The van der Waals surface area contributed by atoms with E-state index in [1.54, 1.807) is 0 Å². The molecule has 1 aliphatic carbocycles. The molecule has 18 heteroatoms. The van der Waals surface area contributed by atoms with E-state index in [1.807, 2.05) is 91.0 Å². The molecule has 0 aliphatic heterocycles. The van der Waals surface area contributed by atoms with Crippen LogP contribution >= 0.6 is 7.14 Å². The van der Waals surface area contributed by atoms with Crippen molar-refractivity contribution >= 4 is 35.5 Å². The van der Waals surface area contributed by atoms with Gasteiger partial charge in [-0.2, -0.15) is 26.3 Å². The third-order valence-corrected chi connectivity index (χ3v) is 11.7. The second-order valence-electron chi connectivity index (χ2n) is 12.3. The van der Waals surface area contributed by atoms with Gasteiger partial charge in [0.05, 0.1) is 28.3 Å². The summed E-state index contributed by atoms with van der Waals surface area (Å²) in [6, 6.07) is 34.8. The summed E-state index contributed by atoms with van der Waals surface area (Å²) in [7, 11) is -2.78. The van der Waals surface area contributed by atoms with Crippen molar-refractivity contribution in [2.75, 3.05) is 0 Å². The number of phenolic OH excluding ortho intramolecular Hbond substituents is 2. The summed E-state index contributed by atoms with van der Waals surface area (Å²) < 4.78 is 99.7. The number of hydrogen-bond acceptors (Lipinski definition) is 9. The molecule has 1 fully saturated rings. The van der Waals surface area contributed by atoms with Gasteiger partial charge in [-0.25, -0.2) is 0 Å². The van der Waals surface area contributed by atoms with Gasteiger partial charge in [0.25, 0.3) is 0 Å². The molecule has 0 saturated heterocycles. The number of aliphatic imine (C=N–C) groups is 2. The normalized spacial score (nSPS) is 15.6. The number of alkyl halides is 6. The number of phenols is 2. The Morgan fingerprint density at radius 1 is 0.586 bits per heavy atom. The summed E-state index contributed by atoms with van der Waals surface area (Å²) in [5.74, 6) is -1.85. The average molecular weight is 867 g/mol. The van der Waals surface area contributed by atoms with Crippen molar-refractivity contribution in [1.82, 2.24) is 0 Å². The molecule has 6 rings (SSSR count). The van der Waals surface area contributed by atoms with Crippen molar-refractivity contribution in [3.05, 3.63) is 165 Å². The summed E-state index contributed by atoms with van der Waals surface area (Å²) in [6.07, 6.45) is -4.35. The number of aromatic hydroxyl groups is 2. The molecule has 10 nitrogen and oxygen atoms in total. The van der Waals surface area contributed by atoms with Gasteiger partial charge in [0.1, 0.15) is 11.5 Å². The molecule has 5 aromatic rings. The van der Waals surface area contributed by atoms with Crippen LogP contribution in [-0.4, -0.2) is 39.8 Å². The van der Waals surface area contributed by atoms with Crippen LogP contribution in [-0.2, 0) is 36.9 Å². The van der Waals surface area contributed by atoms with E-state index in [0.717, 1.165) is 65.4 Å². The van der Waals surface area contributed by atoms with Crippen molar-refractivity contribution in [1.29, 1.82) is 0 Å². The Hall–Kier alpha value is -5.62. The predicted molar refractivity (Wildman–Crippen MR) is 204 cm³/mol. The molecule has 0 aromatic heterocycles. The Balaban J connectivity index is 0.000000294. The summed E-state index contributed by atoms with van der Waals surface area (Å²) in [5, 5.41) is 37.2. The van der Waals surface area contributed by atoms with Crippen molar-refractivity contribution in [3.63, 3.8) is 0 Å². The van der Waals surface area contributed by atoms with E-state index >= 15 is 0 Å². The molecule has 1 aliphatic rings. The van der Waals surface area contributed by atoms with Crippen LogP contribution in [0.4, 0.5) is 26.3 Å². The molecule has 306 valence electrons. The molecule has 0 unspecified atom stereocenters. The van der Waals surface area contributed by atoms with Crippen LogP contribution in [0.1, 0.15) is 47.9 Å². The van der Waals surface area contributed by atoms with E-state index in [-0.39, 0.29) is 11.1 Å². The monoisotopic (exact) mass is 866 g/mol. The molecule has 2 N–H and O–H groups in total. The van der Waals surface area contributed by atoms with E-state index in [1.165, 1.54) is 28.4 Å². The van der Waals surface area contributed by atoms with E-state index in [4.69, 9.17) is 19.1 Å². The maximum atomic E-state index is 13.8. The fraction of sp³-hybridized carbons (Fsp3) is 0.200. The SMILES string of the molecule is O=P(c1ccccc1)(c1ccccc1)c1ccccc1.O=[N+]([O-])[O-].Oc1c(C=N[C@@H]2CCCC[C@H]2N=Cc2cccc(C(F)(F)F)c2O)cccc1C(F)(F)F.[O]=[Cr]. The average Bonchev–Trinajstić information content (AvgIpc) is 3.21. The number of rotatable bonds is 7. The van der Waals surface area contributed by atoms with Crippen LogP contribution in [0, 0.1) is 15.3 Å². The topological polar surface area (TPSA) is 166 Å². The first-order valence-corrected chi connectivity index (χ1v) is 19.4. The second kappa shape index (κ2) is 21.8. The van der Waals surface area contributed by atoms with Crippen LogP contribution in [0.25, 0.3) is 0 Å². The number of nitrogens with zero attached hydrogens (tertiary/aromatic N) is 3. The van der Waals surface area contributed by atoms with Crippen LogP contribution in [0.15, 0.2) is 137 Å². The van der Waals surface area contributed by atoms with E-state index in [0.29, 0.717) is 12.8 Å². The standard InChI is InChI=1S/C22H20F6N2O2.C18H15OP.Cr.NO3.O/c23-21(24,25)15-7-3-5-13(19(15)31)11-29-17-9-1-2-10-18(17)30-12-14-6-4-8-16(20(14)32)22(26,27)28;19-20(16-10-4-1-5-11-16,17-12-6-2-7-13-17)18-14-8-3-9-15-18;;2-1(3)4;/h3-8,11-12,17-18,31-32H,1-2,9-10H2;1-15H;;;/q;;;-1;/t17-,18-;;;;/m1..../s1. The minimum atomic E-state index is -4.71. The summed E-state index contributed by atoms with van der Waals surface area (Å²) in [4.78, 5) is 16.9. The number of para-hydroxylation sites is 2. The number of halogens is 6. The van der Waals surface area contributed by atoms with Crippen molar-refractivity contribution in [2.24, 2.45) is 9.98 Å². The fourth-order valence-electron chi connectivity index (χ4n) is 5.94. The van der Waals surface area contributed by atoms with E-state index in [9.17, 15) is 41.1 Å². The first-order valence-electron chi connectivity index (χ1n) is 17.1. The molecule has 0 radical (unpaired) electrons. The summed E-state index contributed by atoms with van der Waals surface area (Å²) >= 11 is 1.38. The van der Waals surface area contributed by atoms with Gasteiger partial charge in [0.2, 0.25) is 0 Å². The third kappa shape index (κ3) is 13.0. The molecule has 1 saturated carbocycles. The maximum absolute atomic E-state index is 13.8. The Labute approximate surface area is 337 Å². The van der Waals surface area contributed by atoms with Gasteiger partial charge in [0.15, 0.2) is 7.14 Å². The van der Waals surface area contributed by atoms with Crippen LogP contribution in [0.2, 0.25) is 0 Å². The quantitative estimate of drug-likeness (QED) is 0.0542.